The maximum atomic E-state index is 13.2. The second-order valence-electron chi connectivity index (χ2n) is 9.15. The van der Waals surface area contributed by atoms with Crippen LogP contribution in [0, 0.1) is 0 Å². The maximum absolute atomic E-state index is 13.2. The number of amides is 2. The fourth-order valence-electron chi connectivity index (χ4n) is 4.29. The summed E-state index contributed by atoms with van der Waals surface area (Å²) in [6.45, 7) is 0. The Hall–Kier alpha value is -5.29. The normalized spacial score (nSPS) is 11.8. The Morgan fingerprint density at radius 3 is 2.36 bits per heavy atom. The van der Waals surface area contributed by atoms with Crippen molar-refractivity contribution < 1.29 is 27.5 Å². The van der Waals surface area contributed by atoms with E-state index in [0.717, 1.165) is 16.3 Å². The number of sulfone groups is 1. The molecule has 0 saturated carbocycles. The molecule has 212 valence electrons. The van der Waals surface area contributed by atoms with Gasteiger partial charge < -0.3 is 20.1 Å². The van der Waals surface area contributed by atoms with Gasteiger partial charge >= 0.3 is 12.0 Å². The molecular weight excluding hydrogens is 556 g/mol. The first-order valence-corrected chi connectivity index (χ1v) is 14.3. The van der Waals surface area contributed by atoms with Gasteiger partial charge in [-0.2, -0.15) is 0 Å². The van der Waals surface area contributed by atoms with Crippen LogP contribution in [-0.2, 0) is 25.8 Å². The van der Waals surface area contributed by atoms with Gasteiger partial charge in [0.25, 0.3) is 0 Å². The molecule has 5 aromatic rings. The molecule has 10 nitrogen and oxygen atoms in total. The van der Waals surface area contributed by atoms with Crippen molar-refractivity contribution in [3.05, 3.63) is 115 Å². The summed E-state index contributed by atoms with van der Waals surface area (Å²) in [6, 6.07) is 22.8. The number of methoxy groups -OCH3 is 1. The Morgan fingerprint density at radius 1 is 0.881 bits per heavy atom. The summed E-state index contributed by atoms with van der Waals surface area (Å²) in [7, 11) is -2.68. The van der Waals surface area contributed by atoms with Crippen molar-refractivity contribution in [2.45, 2.75) is 22.3 Å². The zero-order valence-electron chi connectivity index (χ0n) is 22.4. The molecule has 0 saturated heterocycles. The smallest absolute Gasteiger partial charge is 0.328 e. The number of hydrogen-bond donors (Lipinski definition) is 2. The Bertz CT molecular complexity index is 1820. The van der Waals surface area contributed by atoms with Crippen LogP contribution in [0.15, 0.2) is 119 Å². The third-order valence-electron chi connectivity index (χ3n) is 6.38. The summed E-state index contributed by atoms with van der Waals surface area (Å²) in [6.07, 6.45) is 5.14. The van der Waals surface area contributed by atoms with Crippen LogP contribution in [0.4, 0.5) is 10.5 Å². The molecule has 2 aromatic heterocycles. The van der Waals surface area contributed by atoms with E-state index in [1.807, 2.05) is 12.1 Å². The third-order valence-corrected chi connectivity index (χ3v) is 8.21. The number of aromatic nitrogens is 2. The van der Waals surface area contributed by atoms with Gasteiger partial charge in [0, 0.05) is 25.0 Å². The zero-order chi connectivity index (χ0) is 29.5. The molecule has 0 spiro atoms. The van der Waals surface area contributed by atoms with Crippen LogP contribution in [0.1, 0.15) is 5.56 Å². The molecule has 1 atom stereocenters. The highest BCUT2D eigenvalue weighted by molar-refractivity contribution is 7.91. The van der Waals surface area contributed by atoms with E-state index in [1.54, 1.807) is 73.2 Å². The van der Waals surface area contributed by atoms with E-state index < -0.39 is 27.9 Å². The number of hydrogen-bond acceptors (Lipinski definition) is 8. The fourth-order valence-corrected chi connectivity index (χ4v) is 5.73. The van der Waals surface area contributed by atoms with Crippen LogP contribution in [0.2, 0.25) is 0 Å². The fraction of sp³-hybridized carbons (Fsp3) is 0.0968. The zero-order valence-corrected chi connectivity index (χ0v) is 23.2. The molecule has 0 fully saturated rings. The van der Waals surface area contributed by atoms with Gasteiger partial charge in [-0.15, -0.1) is 0 Å². The molecule has 0 unspecified atom stereocenters. The second-order valence-corrected chi connectivity index (χ2v) is 11.1. The average Bonchev–Trinajstić information content (AvgIpc) is 3.02. The van der Waals surface area contributed by atoms with Gasteiger partial charge in [-0.25, -0.2) is 23.0 Å². The number of para-hydroxylation sites is 1. The van der Waals surface area contributed by atoms with E-state index in [2.05, 4.69) is 20.6 Å². The van der Waals surface area contributed by atoms with E-state index in [1.165, 1.54) is 31.4 Å². The van der Waals surface area contributed by atoms with Crippen molar-refractivity contribution in [2.75, 3.05) is 12.4 Å². The lowest BCUT2D eigenvalue weighted by Crippen LogP contribution is -2.45. The standard InChI is InChI=1S/C31H26N4O6S/c1-40-30(36)27(19-21-11-13-23(14-12-21)41-29-25-20-32-17-15-22(25)16-18-33-29)35-31(37)34-26-9-5-6-10-28(26)42(38,39)24-7-3-2-4-8-24/h2-18,20,27H,19H2,1H3,(H2,34,35,37)/t27-/m0/s1. The van der Waals surface area contributed by atoms with Crippen LogP contribution < -0.4 is 15.4 Å². The van der Waals surface area contributed by atoms with E-state index in [-0.39, 0.29) is 21.9 Å². The van der Waals surface area contributed by atoms with Crippen molar-refractivity contribution in [1.29, 1.82) is 0 Å². The molecule has 0 bridgehead atoms. The SMILES string of the molecule is COC(=O)[C@H](Cc1ccc(Oc2nccc3ccncc23)cc1)NC(=O)Nc1ccccc1S(=O)(=O)c1ccccc1. The summed E-state index contributed by atoms with van der Waals surface area (Å²) in [4.78, 5) is 34.0. The molecule has 42 heavy (non-hydrogen) atoms. The Kier molecular flexibility index (Phi) is 8.39. The Balaban J connectivity index is 1.28. The molecule has 5 rings (SSSR count). The first-order valence-electron chi connectivity index (χ1n) is 12.8. The average molecular weight is 583 g/mol. The number of anilines is 1. The van der Waals surface area contributed by atoms with E-state index in [4.69, 9.17) is 9.47 Å². The lowest BCUT2D eigenvalue weighted by atomic mass is 10.1. The van der Waals surface area contributed by atoms with E-state index in [9.17, 15) is 18.0 Å². The first kappa shape index (κ1) is 28.2. The van der Waals surface area contributed by atoms with Crippen molar-refractivity contribution in [1.82, 2.24) is 15.3 Å². The molecule has 11 heteroatoms. The minimum atomic E-state index is -3.91. The van der Waals surface area contributed by atoms with Crippen LogP contribution >= 0.6 is 0 Å². The number of benzene rings is 3. The molecule has 0 radical (unpaired) electrons. The molecule has 0 aliphatic heterocycles. The third kappa shape index (κ3) is 6.37. The van der Waals surface area contributed by atoms with Crippen LogP contribution in [-0.4, -0.2) is 43.5 Å². The van der Waals surface area contributed by atoms with Gasteiger partial charge in [-0.1, -0.05) is 42.5 Å². The maximum Gasteiger partial charge on any atom is 0.328 e. The summed E-state index contributed by atoms with van der Waals surface area (Å²) >= 11 is 0. The minimum Gasteiger partial charge on any atom is -0.467 e. The molecule has 2 heterocycles. The number of carbonyl (C=O) groups excluding carboxylic acids is 2. The van der Waals surface area contributed by atoms with E-state index in [0.29, 0.717) is 11.6 Å². The highest BCUT2D eigenvalue weighted by Crippen LogP contribution is 2.28. The number of urea groups is 1. The largest absolute Gasteiger partial charge is 0.467 e. The minimum absolute atomic E-state index is 0.0706. The number of nitrogens with one attached hydrogen (secondary N) is 2. The van der Waals surface area contributed by atoms with Crippen LogP contribution in [0.3, 0.4) is 0 Å². The Labute approximate surface area is 242 Å². The molecule has 2 amide bonds. The quantitative estimate of drug-likeness (QED) is 0.228. The molecule has 2 N–H and O–H groups in total. The van der Waals surface area contributed by atoms with Crippen molar-refractivity contribution in [3.8, 4) is 11.6 Å². The number of fused-ring (bicyclic) bond motifs is 1. The lowest BCUT2D eigenvalue weighted by Gasteiger charge is -2.18. The number of nitrogens with zero attached hydrogens (tertiary/aromatic N) is 2. The molecule has 0 aliphatic rings. The van der Waals surface area contributed by atoms with Crippen molar-refractivity contribution >= 4 is 38.3 Å². The predicted octanol–water partition coefficient (Wildman–Crippen LogP) is 5.16. The number of ether oxygens (including phenoxy) is 2. The lowest BCUT2D eigenvalue weighted by molar-refractivity contribution is -0.142. The first-order chi connectivity index (χ1) is 20.3. The second kappa shape index (κ2) is 12.5. The Morgan fingerprint density at radius 2 is 1.60 bits per heavy atom. The number of rotatable bonds is 9. The van der Waals surface area contributed by atoms with Crippen LogP contribution in [0.5, 0.6) is 11.6 Å². The van der Waals surface area contributed by atoms with Gasteiger partial charge in [0.2, 0.25) is 15.7 Å². The van der Waals surface area contributed by atoms with Gasteiger partial charge in [-0.3, -0.25) is 4.98 Å². The molecular formula is C31H26N4O6S. The number of carbonyl (C=O) groups is 2. The monoisotopic (exact) mass is 582 g/mol. The molecule has 3 aromatic carbocycles. The van der Waals surface area contributed by atoms with Gasteiger partial charge in [0.15, 0.2) is 0 Å². The summed E-state index contributed by atoms with van der Waals surface area (Å²) < 4.78 is 37.2. The highest BCUT2D eigenvalue weighted by atomic mass is 32.2. The highest BCUT2D eigenvalue weighted by Gasteiger charge is 2.25. The number of esters is 1. The number of pyridine rings is 2. The predicted molar refractivity (Wildman–Crippen MR) is 156 cm³/mol. The van der Waals surface area contributed by atoms with Gasteiger partial charge in [0.05, 0.1) is 28.0 Å². The van der Waals surface area contributed by atoms with Gasteiger partial charge in [0.1, 0.15) is 11.8 Å². The van der Waals surface area contributed by atoms with E-state index >= 15 is 0 Å². The summed E-state index contributed by atoms with van der Waals surface area (Å²) in [5, 5.41) is 6.86. The topological polar surface area (TPSA) is 137 Å². The van der Waals surface area contributed by atoms with Crippen molar-refractivity contribution in [3.63, 3.8) is 0 Å². The van der Waals surface area contributed by atoms with Crippen molar-refractivity contribution in [2.24, 2.45) is 0 Å². The molecule has 0 aliphatic carbocycles. The van der Waals surface area contributed by atoms with Crippen LogP contribution in [0.25, 0.3) is 10.8 Å². The summed E-state index contributed by atoms with van der Waals surface area (Å²) in [5.74, 6) is 0.274. The summed E-state index contributed by atoms with van der Waals surface area (Å²) in [5.41, 5.74) is 0.791. The van der Waals surface area contributed by atoms with Gasteiger partial charge in [-0.05, 0) is 59.5 Å².